The van der Waals surface area contributed by atoms with Crippen molar-refractivity contribution in [2.45, 2.75) is 26.2 Å². The van der Waals surface area contributed by atoms with Crippen LogP contribution in [0.1, 0.15) is 22.3 Å². The molecule has 4 heterocycles. The molecule has 15 rings (SSSR count). The van der Waals surface area contributed by atoms with E-state index < -0.39 is 23.5 Å². The van der Waals surface area contributed by atoms with Crippen LogP contribution >= 0.6 is 0 Å². The minimum Gasteiger partial charge on any atom is -0.309 e. The van der Waals surface area contributed by atoms with E-state index in [4.69, 9.17) is 29.9 Å². The first-order valence-corrected chi connectivity index (χ1v) is 29.1. The zero-order valence-electron chi connectivity index (χ0n) is 48.1. The Morgan fingerprint density at radius 3 is 0.867 bits per heavy atom. The first kappa shape index (κ1) is 55.2. The van der Waals surface area contributed by atoms with E-state index in [2.05, 4.69) is 6.07 Å². The molecule has 0 amide bonds. The van der Waals surface area contributed by atoms with Gasteiger partial charge in [-0.1, -0.05) is 163 Å². The molecule has 11 aromatic carbocycles. The van der Waals surface area contributed by atoms with Crippen LogP contribution < -0.4 is 0 Å². The standard InChI is InChI=1S/C76H48F6N8/c1-45-26-32-65-59(38-45)61-43-55(75(77,78)79)30-36-67(61)89(65)63-34-28-53(73-85-69(47-16-7-3-8-17-47)83-70(86-73)48-18-9-4-10-19-48)41-57(63)51-24-15-25-52(40-51)58-42-54(74-87-71(49-20-11-5-12-21-49)84-72(88-74)50-22-13-6-14-23-50)29-35-64(58)90-66-33-27-46(2)39-60(66)62-44-56(76(80,81)82)31-37-68(62)90/h3-44H,1-2H3. The highest BCUT2D eigenvalue weighted by molar-refractivity contribution is 6.12. The summed E-state index contributed by atoms with van der Waals surface area (Å²) in [5.41, 5.74) is 11.2. The molecule has 434 valence electrons. The Balaban J connectivity index is 1.00. The van der Waals surface area contributed by atoms with Gasteiger partial charge in [-0.25, -0.2) is 29.9 Å². The highest BCUT2D eigenvalue weighted by Gasteiger charge is 2.33. The molecule has 0 bridgehead atoms. The third-order valence-corrected chi connectivity index (χ3v) is 16.4. The van der Waals surface area contributed by atoms with Crippen molar-refractivity contribution in [3.8, 4) is 102 Å². The molecular formula is C76H48F6N8. The van der Waals surface area contributed by atoms with Gasteiger partial charge in [0.25, 0.3) is 0 Å². The number of hydrogen-bond acceptors (Lipinski definition) is 6. The van der Waals surface area contributed by atoms with Crippen molar-refractivity contribution >= 4 is 43.6 Å². The summed E-state index contributed by atoms with van der Waals surface area (Å²) in [7, 11) is 0. The smallest absolute Gasteiger partial charge is 0.309 e. The fraction of sp³-hybridized carbons (Fsp3) is 0.0526. The summed E-state index contributed by atoms with van der Waals surface area (Å²) in [5, 5.41) is 2.15. The number of halogens is 6. The van der Waals surface area contributed by atoms with E-state index in [9.17, 15) is 26.3 Å². The normalized spacial score (nSPS) is 12.0. The molecule has 90 heavy (non-hydrogen) atoms. The number of alkyl halides is 6. The lowest BCUT2D eigenvalue weighted by Gasteiger charge is -2.19. The van der Waals surface area contributed by atoms with Crippen molar-refractivity contribution in [2.24, 2.45) is 0 Å². The highest BCUT2D eigenvalue weighted by atomic mass is 19.4. The summed E-state index contributed by atoms with van der Waals surface area (Å²) in [5.74, 6) is 2.59. The van der Waals surface area contributed by atoms with Gasteiger partial charge in [0, 0.05) is 66.1 Å². The molecule has 0 atom stereocenters. The molecule has 0 aliphatic heterocycles. The third kappa shape index (κ3) is 10.1. The fourth-order valence-corrected chi connectivity index (χ4v) is 12.1. The number of aryl methyl sites for hydroxylation is 2. The van der Waals surface area contributed by atoms with Crippen LogP contribution in [-0.4, -0.2) is 39.0 Å². The number of fused-ring (bicyclic) bond motifs is 6. The monoisotopic (exact) mass is 1190 g/mol. The first-order valence-electron chi connectivity index (χ1n) is 29.1. The van der Waals surface area contributed by atoms with Crippen molar-refractivity contribution in [3.05, 3.63) is 277 Å². The van der Waals surface area contributed by atoms with Gasteiger partial charge < -0.3 is 9.13 Å². The lowest BCUT2D eigenvalue weighted by molar-refractivity contribution is -0.138. The lowest BCUT2D eigenvalue weighted by atomic mass is 9.94. The van der Waals surface area contributed by atoms with Crippen molar-refractivity contribution in [1.82, 2.24) is 39.0 Å². The molecule has 0 aliphatic rings. The maximum atomic E-state index is 14.6. The quantitative estimate of drug-likeness (QED) is 0.127. The Hall–Kier alpha value is -11.4. The van der Waals surface area contributed by atoms with Crippen LogP contribution in [-0.2, 0) is 12.4 Å². The molecule has 0 saturated heterocycles. The summed E-state index contributed by atoms with van der Waals surface area (Å²) in [4.78, 5) is 30.4. The van der Waals surface area contributed by atoms with Crippen LogP contribution in [0.4, 0.5) is 26.3 Å². The van der Waals surface area contributed by atoms with Gasteiger partial charge in [-0.2, -0.15) is 26.3 Å². The van der Waals surface area contributed by atoms with Crippen LogP contribution in [0.3, 0.4) is 0 Å². The van der Waals surface area contributed by atoms with E-state index in [1.54, 1.807) is 0 Å². The van der Waals surface area contributed by atoms with E-state index in [0.717, 1.165) is 45.5 Å². The van der Waals surface area contributed by atoms with E-state index >= 15 is 0 Å². The van der Waals surface area contributed by atoms with Crippen molar-refractivity contribution in [1.29, 1.82) is 0 Å². The Kier molecular flexibility index (Phi) is 13.4. The number of benzene rings is 11. The zero-order chi connectivity index (χ0) is 61.4. The molecule has 0 fully saturated rings. The van der Waals surface area contributed by atoms with Gasteiger partial charge in [-0.05, 0) is 128 Å². The maximum absolute atomic E-state index is 14.6. The average molecular weight is 1190 g/mol. The Bertz CT molecular complexity index is 4850. The van der Waals surface area contributed by atoms with Gasteiger partial charge in [0.1, 0.15) is 0 Å². The van der Waals surface area contributed by atoms with Crippen molar-refractivity contribution in [2.75, 3.05) is 0 Å². The van der Waals surface area contributed by atoms with E-state index in [1.807, 2.05) is 235 Å². The van der Waals surface area contributed by atoms with Gasteiger partial charge >= 0.3 is 12.4 Å². The highest BCUT2D eigenvalue weighted by Crippen LogP contribution is 2.45. The molecule has 0 unspecified atom stereocenters. The predicted octanol–water partition coefficient (Wildman–Crippen LogP) is 20.2. The maximum Gasteiger partial charge on any atom is 0.416 e. The molecule has 0 saturated carbocycles. The van der Waals surface area contributed by atoms with Crippen LogP contribution in [0.2, 0.25) is 0 Å². The molecule has 0 radical (unpaired) electrons. The number of aromatic nitrogens is 8. The van der Waals surface area contributed by atoms with Crippen LogP contribution in [0.15, 0.2) is 255 Å². The molecular weight excluding hydrogens is 1140 g/mol. The third-order valence-electron chi connectivity index (χ3n) is 16.4. The van der Waals surface area contributed by atoms with Crippen LogP contribution in [0, 0.1) is 13.8 Å². The van der Waals surface area contributed by atoms with Crippen molar-refractivity contribution < 1.29 is 26.3 Å². The largest absolute Gasteiger partial charge is 0.416 e. The number of hydrogen-bond donors (Lipinski definition) is 0. The fourth-order valence-electron chi connectivity index (χ4n) is 12.1. The summed E-state index contributed by atoms with van der Waals surface area (Å²) in [6.07, 6.45) is -9.20. The van der Waals surface area contributed by atoms with Crippen LogP contribution in [0.5, 0.6) is 0 Å². The molecule has 0 spiro atoms. The Morgan fingerprint density at radius 1 is 0.256 bits per heavy atom. The lowest BCUT2D eigenvalue weighted by Crippen LogP contribution is -2.05. The Labute approximate surface area is 511 Å². The SMILES string of the molecule is Cc1ccc2c(c1)c1cc(C(F)(F)F)ccc1n2-c1ccc(-c2nc(-c3ccccc3)nc(-c3ccccc3)n2)cc1-c1cccc(-c2cc(-c3nc(-c4ccccc4)nc(-c4ccccc4)n3)ccc2-n2c3ccc(C)cc3c3cc(C(F)(F)F)ccc32)c1. The summed E-state index contributed by atoms with van der Waals surface area (Å²) >= 11 is 0. The number of rotatable bonds is 10. The van der Waals surface area contributed by atoms with Gasteiger partial charge in [0.15, 0.2) is 34.9 Å². The molecule has 8 nitrogen and oxygen atoms in total. The summed E-state index contributed by atoms with van der Waals surface area (Å²) in [6, 6.07) is 77.7. The van der Waals surface area contributed by atoms with E-state index in [0.29, 0.717) is 123 Å². The van der Waals surface area contributed by atoms with Crippen LogP contribution in [0.25, 0.3) is 146 Å². The number of nitrogens with zero attached hydrogens (tertiary/aromatic N) is 8. The second kappa shape index (κ2) is 21.8. The summed E-state index contributed by atoms with van der Waals surface area (Å²) < 4.78 is 91.8. The predicted molar refractivity (Wildman–Crippen MR) is 345 cm³/mol. The van der Waals surface area contributed by atoms with E-state index in [1.165, 1.54) is 24.3 Å². The zero-order valence-corrected chi connectivity index (χ0v) is 48.1. The summed E-state index contributed by atoms with van der Waals surface area (Å²) in [6.45, 7) is 3.83. The first-order chi connectivity index (χ1) is 43.7. The second-order valence-electron chi connectivity index (χ2n) is 22.3. The van der Waals surface area contributed by atoms with Gasteiger partial charge in [0.05, 0.1) is 44.6 Å². The molecule has 14 heteroatoms. The average Bonchev–Trinajstić information content (AvgIpc) is 1.60. The second-order valence-corrected chi connectivity index (χ2v) is 22.3. The minimum absolute atomic E-state index is 0.381. The molecule has 4 aromatic heterocycles. The van der Waals surface area contributed by atoms with Gasteiger partial charge in [0.2, 0.25) is 0 Å². The molecule has 0 aliphatic carbocycles. The molecule has 0 N–H and O–H groups in total. The van der Waals surface area contributed by atoms with Gasteiger partial charge in [-0.3, -0.25) is 0 Å². The minimum atomic E-state index is -4.60. The molecule has 15 aromatic rings. The van der Waals surface area contributed by atoms with E-state index in [-0.39, 0.29) is 0 Å². The topological polar surface area (TPSA) is 87.2 Å². The Morgan fingerprint density at radius 2 is 0.544 bits per heavy atom. The van der Waals surface area contributed by atoms with Crippen molar-refractivity contribution in [3.63, 3.8) is 0 Å². The van der Waals surface area contributed by atoms with Gasteiger partial charge in [-0.15, -0.1) is 0 Å².